The van der Waals surface area contributed by atoms with Crippen molar-refractivity contribution >= 4 is 10.0 Å². The minimum absolute atomic E-state index is 0.0543. The Balaban J connectivity index is 2.31. The van der Waals surface area contributed by atoms with Crippen LogP contribution >= 0.6 is 0 Å². The summed E-state index contributed by atoms with van der Waals surface area (Å²) in [7, 11) is 0.474. The van der Waals surface area contributed by atoms with E-state index in [2.05, 4.69) is 5.32 Å². The number of hydrogen-bond acceptors (Lipinski definition) is 4. The van der Waals surface area contributed by atoms with E-state index in [0.717, 1.165) is 18.7 Å². The molecule has 0 spiro atoms. The third-order valence-corrected chi connectivity index (χ3v) is 5.93. The first-order valence-corrected chi connectivity index (χ1v) is 8.79. The van der Waals surface area contributed by atoms with E-state index >= 15 is 0 Å². The average Bonchev–Trinajstić information content (AvgIpc) is 2.85. The summed E-state index contributed by atoms with van der Waals surface area (Å²) in [6.07, 6.45) is 0. The van der Waals surface area contributed by atoms with Gasteiger partial charge in [-0.05, 0) is 44.3 Å². The van der Waals surface area contributed by atoms with Crippen LogP contribution < -0.4 is 5.32 Å². The molecule has 21 heavy (non-hydrogen) atoms. The number of hydrogen-bond donors (Lipinski definition) is 1. The maximum absolute atomic E-state index is 12.9. The maximum atomic E-state index is 12.9. The van der Waals surface area contributed by atoms with E-state index in [1.807, 2.05) is 45.0 Å². The molecule has 0 aromatic heterocycles. The van der Waals surface area contributed by atoms with E-state index in [-0.39, 0.29) is 6.04 Å². The fourth-order valence-electron chi connectivity index (χ4n) is 2.91. The summed E-state index contributed by atoms with van der Waals surface area (Å²) >= 11 is 0. The second-order valence-corrected chi connectivity index (χ2v) is 7.74. The predicted molar refractivity (Wildman–Crippen MR) is 84.6 cm³/mol. The van der Waals surface area contributed by atoms with Crippen LogP contribution in [0.2, 0.25) is 0 Å². The minimum atomic E-state index is -3.44. The smallest absolute Gasteiger partial charge is 0.243 e. The van der Waals surface area contributed by atoms with Gasteiger partial charge in [0.05, 0.1) is 4.90 Å². The van der Waals surface area contributed by atoms with Gasteiger partial charge in [0, 0.05) is 32.2 Å². The van der Waals surface area contributed by atoms with E-state index in [4.69, 9.17) is 0 Å². The highest BCUT2D eigenvalue weighted by atomic mass is 32.2. The van der Waals surface area contributed by atoms with E-state index in [1.54, 1.807) is 10.4 Å². The Morgan fingerprint density at radius 1 is 1.24 bits per heavy atom. The Labute approximate surface area is 128 Å². The number of benzene rings is 1. The Morgan fingerprint density at radius 3 is 2.52 bits per heavy atom. The molecule has 0 radical (unpaired) electrons. The van der Waals surface area contributed by atoms with Gasteiger partial charge in [-0.3, -0.25) is 0 Å². The van der Waals surface area contributed by atoms with E-state index in [9.17, 15) is 8.42 Å². The first-order chi connectivity index (χ1) is 9.86. The van der Waals surface area contributed by atoms with Crippen LogP contribution in [0.25, 0.3) is 0 Å². The Bertz CT molecular complexity index is 599. The van der Waals surface area contributed by atoms with Gasteiger partial charge in [0.15, 0.2) is 0 Å². The lowest BCUT2D eigenvalue weighted by Crippen LogP contribution is -2.43. The van der Waals surface area contributed by atoms with Gasteiger partial charge in [0.25, 0.3) is 0 Å². The average molecular weight is 311 g/mol. The summed E-state index contributed by atoms with van der Waals surface area (Å²) in [5.41, 5.74) is 2.28. The Morgan fingerprint density at radius 2 is 1.90 bits per heavy atom. The van der Waals surface area contributed by atoms with Gasteiger partial charge in [-0.15, -0.1) is 0 Å². The lowest BCUT2D eigenvalue weighted by Gasteiger charge is -2.29. The summed E-state index contributed by atoms with van der Waals surface area (Å²) < 4.78 is 27.3. The first-order valence-electron chi connectivity index (χ1n) is 7.35. The summed E-state index contributed by atoms with van der Waals surface area (Å²) in [6, 6.07) is 5.41. The van der Waals surface area contributed by atoms with E-state index < -0.39 is 10.0 Å². The largest absolute Gasteiger partial charge is 0.309 e. The third-order valence-electron chi connectivity index (χ3n) is 3.85. The molecule has 1 aromatic rings. The lowest BCUT2D eigenvalue weighted by molar-refractivity contribution is 0.271. The number of rotatable bonds is 6. The molecule has 0 fully saturated rings. The van der Waals surface area contributed by atoms with E-state index in [0.29, 0.717) is 18.0 Å². The number of sulfonamides is 1. The molecule has 0 amide bonds. The highest BCUT2D eigenvalue weighted by molar-refractivity contribution is 7.89. The highest BCUT2D eigenvalue weighted by Crippen LogP contribution is 2.23. The molecule has 1 unspecified atom stereocenters. The van der Waals surface area contributed by atoms with Crippen LogP contribution in [0.5, 0.6) is 0 Å². The number of nitrogens with one attached hydrogen (secondary N) is 1. The summed E-state index contributed by atoms with van der Waals surface area (Å²) in [6.45, 7) is 6.60. The van der Waals surface area contributed by atoms with Crippen LogP contribution in [0.15, 0.2) is 23.1 Å². The van der Waals surface area contributed by atoms with Gasteiger partial charge < -0.3 is 10.2 Å². The van der Waals surface area contributed by atoms with Crippen molar-refractivity contribution in [1.82, 2.24) is 14.5 Å². The van der Waals surface area contributed by atoms with Crippen LogP contribution in [0.1, 0.15) is 25.0 Å². The summed E-state index contributed by atoms with van der Waals surface area (Å²) in [5, 5.41) is 3.24. The van der Waals surface area contributed by atoms with Crippen molar-refractivity contribution in [2.24, 2.45) is 0 Å². The predicted octanol–water partition coefficient (Wildman–Crippen LogP) is 1.25. The zero-order valence-corrected chi connectivity index (χ0v) is 14.1. The minimum Gasteiger partial charge on any atom is -0.309 e. The summed E-state index contributed by atoms with van der Waals surface area (Å²) in [5.74, 6) is 0. The second kappa shape index (κ2) is 6.44. The third kappa shape index (κ3) is 3.45. The molecule has 0 aliphatic carbocycles. The van der Waals surface area contributed by atoms with Crippen LogP contribution in [0.4, 0.5) is 0 Å². The van der Waals surface area contributed by atoms with Crippen molar-refractivity contribution in [2.45, 2.75) is 37.9 Å². The van der Waals surface area contributed by atoms with Crippen molar-refractivity contribution in [1.29, 1.82) is 0 Å². The quantitative estimate of drug-likeness (QED) is 0.859. The molecule has 2 rings (SSSR count). The zero-order chi connectivity index (χ0) is 15.6. The van der Waals surface area contributed by atoms with Gasteiger partial charge in [-0.25, -0.2) is 8.42 Å². The molecule has 1 aliphatic rings. The molecular formula is C15H25N3O2S. The molecule has 1 atom stereocenters. The molecule has 0 saturated heterocycles. The van der Waals surface area contributed by atoms with Crippen LogP contribution in [0, 0.1) is 0 Å². The fourth-order valence-corrected chi connectivity index (χ4v) is 4.59. The molecule has 118 valence electrons. The monoisotopic (exact) mass is 311 g/mol. The van der Waals surface area contributed by atoms with Gasteiger partial charge >= 0.3 is 0 Å². The molecule has 0 saturated carbocycles. The van der Waals surface area contributed by atoms with E-state index in [1.165, 1.54) is 5.56 Å². The maximum Gasteiger partial charge on any atom is 0.243 e. The number of nitrogens with zero attached hydrogens (tertiary/aromatic N) is 2. The van der Waals surface area contributed by atoms with Gasteiger partial charge in [0.1, 0.15) is 0 Å². The topological polar surface area (TPSA) is 52.7 Å². The molecular weight excluding hydrogens is 286 g/mol. The second-order valence-electron chi connectivity index (χ2n) is 5.85. The normalized spacial score (nSPS) is 16.5. The number of likely N-dealkylation sites (N-methyl/N-ethyl adjacent to an activating group) is 2. The Kier molecular flexibility index (Phi) is 5.03. The van der Waals surface area contributed by atoms with Gasteiger partial charge in [-0.1, -0.05) is 13.0 Å². The molecule has 5 nitrogen and oxygen atoms in total. The zero-order valence-electron chi connectivity index (χ0n) is 13.3. The van der Waals surface area contributed by atoms with Crippen molar-refractivity contribution < 1.29 is 8.42 Å². The summed E-state index contributed by atoms with van der Waals surface area (Å²) in [4.78, 5) is 2.41. The number of fused-ring (bicyclic) bond motifs is 1. The molecule has 1 N–H and O–H groups in total. The molecule has 1 aromatic carbocycles. The van der Waals surface area contributed by atoms with Gasteiger partial charge in [0.2, 0.25) is 10.0 Å². The van der Waals surface area contributed by atoms with Crippen molar-refractivity contribution in [3.63, 3.8) is 0 Å². The lowest BCUT2D eigenvalue weighted by atomic mass is 10.1. The SMILES string of the molecule is CCN(C(C)CN(C)C)S(=O)(=O)c1ccc2c(c1)CNC2. The van der Waals surface area contributed by atoms with Gasteiger partial charge in [-0.2, -0.15) is 4.31 Å². The van der Waals surface area contributed by atoms with Crippen molar-refractivity contribution in [3.05, 3.63) is 29.3 Å². The standard InChI is InChI=1S/C15H25N3O2S/c1-5-18(12(2)11-17(3)4)21(19,20)15-7-6-13-9-16-10-14(13)8-15/h6-8,12,16H,5,9-11H2,1-4H3. The fraction of sp³-hybridized carbons (Fsp3) is 0.600. The van der Waals surface area contributed by atoms with Crippen LogP contribution in [-0.4, -0.2) is 50.8 Å². The molecule has 1 heterocycles. The van der Waals surface area contributed by atoms with Crippen molar-refractivity contribution in [3.8, 4) is 0 Å². The molecule has 6 heteroatoms. The van der Waals surface area contributed by atoms with Crippen LogP contribution in [0.3, 0.4) is 0 Å². The van der Waals surface area contributed by atoms with Crippen molar-refractivity contribution in [2.75, 3.05) is 27.2 Å². The van der Waals surface area contributed by atoms with Crippen LogP contribution in [-0.2, 0) is 23.1 Å². The highest BCUT2D eigenvalue weighted by Gasteiger charge is 2.28. The Hall–Kier alpha value is -0.950. The molecule has 0 bridgehead atoms. The molecule has 1 aliphatic heterocycles. The first kappa shape index (κ1) is 16.4.